The smallest absolute Gasteiger partial charge is 0.204 e. The maximum absolute atomic E-state index is 5.77. The zero-order chi connectivity index (χ0) is 21.4. The van der Waals surface area contributed by atoms with E-state index in [0.29, 0.717) is 6.61 Å². The van der Waals surface area contributed by atoms with Gasteiger partial charge < -0.3 is 23.9 Å². The van der Waals surface area contributed by atoms with Gasteiger partial charge in [0.15, 0.2) is 0 Å². The Morgan fingerprint density at radius 2 is 2.00 bits per heavy atom. The van der Waals surface area contributed by atoms with Crippen molar-refractivity contribution >= 4 is 27.9 Å². The molecule has 1 aromatic carbocycles. The van der Waals surface area contributed by atoms with Crippen LogP contribution in [-0.4, -0.2) is 47.1 Å². The molecule has 4 aromatic rings. The lowest BCUT2D eigenvalue weighted by Gasteiger charge is -2.18. The number of fused-ring (bicyclic) bond motifs is 3. The average molecular weight is 409 g/mol. The van der Waals surface area contributed by atoms with E-state index in [9.17, 15) is 0 Å². The Kier molecular flexibility index (Phi) is 5.34. The molecule has 1 N–H and O–H groups in total. The fourth-order valence-corrected chi connectivity index (χ4v) is 4.06. The summed E-state index contributed by atoms with van der Waals surface area (Å²) in [6.45, 7) is 9.35. The maximum atomic E-state index is 5.77. The van der Waals surface area contributed by atoms with E-state index in [-0.39, 0.29) is 6.04 Å². The number of aromatic nitrogens is 4. The topological polar surface area (TPSA) is 87.2 Å². The third-order valence-electron chi connectivity index (χ3n) is 5.32. The van der Waals surface area contributed by atoms with Crippen molar-refractivity contribution in [3.8, 4) is 16.9 Å². The first kappa shape index (κ1) is 20.2. The molecule has 0 saturated heterocycles. The molecule has 3 aromatic heterocycles. The van der Waals surface area contributed by atoms with Gasteiger partial charge in [-0.3, -0.25) is 4.98 Å². The highest BCUT2D eigenvalue weighted by Crippen LogP contribution is 2.39. The average Bonchev–Trinajstić information content (AvgIpc) is 3.26. The van der Waals surface area contributed by atoms with Crippen molar-refractivity contribution in [3.63, 3.8) is 0 Å². The highest BCUT2D eigenvalue weighted by atomic mass is 16.5. The zero-order valence-corrected chi connectivity index (χ0v) is 18.2. The summed E-state index contributed by atoms with van der Waals surface area (Å²) in [6, 6.07) is 4.15. The van der Waals surface area contributed by atoms with Crippen LogP contribution in [0.15, 0.2) is 22.9 Å². The molecule has 0 spiro atoms. The second-order valence-electron chi connectivity index (χ2n) is 7.40. The highest BCUT2D eigenvalue weighted by molar-refractivity contribution is 6.05. The fourth-order valence-electron chi connectivity index (χ4n) is 4.06. The quantitative estimate of drug-likeness (QED) is 0.481. The van der Waals surface area contributed by atoms with Crippen LogP contribution in [0.1, 0.15) is 31.3 Å². The summed E-state index contributed by atoms with van der Waals surface area (Å²) in [7, 11) is 3.38. The van der Waals surface area contributed by atoms with Crippen molar-refractivity contribution in [2.45, 2.75) is 33.7 Å². The van der Waals surface area contributed by atoms with Gasteiger partial charge in [0.05, 0.1) is 48.2 Å². The minimum absolute atomic E-state index is 0.0906. The van der Waals surface area contributed by atoms with Gasteiger partial charge in [-0.2, -0.15) is 0 Å². The van der Waals surface area contributed by atoms with Crippen molar-refractivity contribution in [3.05, 3.63) is 29.8 Å². The number of anilines is 1. The lowest BCUT2D eigenvalue weighted by atomic mass is 10.0. The van der Waals surface area contributed by atoms with Crippen molar-refractivity contribution in [1.29, 1.82) is 0 Å². The van der Waals surface area contributed by atoms with Gasteiger partial charge in [0, 0.05) is 24.6 Å². The monoisotopic (exact) mass is 409 g/mol. The van der Waals surface area contributed by atoms with E-state index in [2.05, 4.69) is 28.9 Å². The van der Waals surface area contributed by atoms with Crippen LogP contribution >= 0.6 is 0 Å². The van der Waals surface area contributed by atoms with Gasteiger partial charge >= 0.3 is 0 Å². The number of nitrogens with zero attached hydrogens (tertiary/aromatic N) is 4. The second-order valence-corrected chi connectivity index (χ2v) is 7.40. The van der Waals surface area contributed by atoms with Gasteiger partial charge in [-0.15, -0.1) is 0 Å². The number of benzene rings is 1. The van der Waals surface area contributed by atoms with Gasteiger partial charge in [-0.1, -0.05) is 5.16 Å². The van der Waals surface area contributed by atoms with E-state index in [0.717, 1.165) is 62.8 Å². The van der Waals surface area contributed by atoms with Gasteiger partial charge in [0.2, 0.25) is 5.95 Å². The van der Waals surface area contributed by atoms with Crippen LogP contribution in [0.25, 0.3) is 33.1 Å². The van der Waals surface area contributed by atoms with Gasteiger partial charge in [0.25, 0.3) is 0 Å². The fraction of sp³-hybridized carbons (Fsp3) is 0.409. The summed E-state index contributed by atoms with van der Waals surface area (Å²) in [6.07, 6.45) is 1.82. The minimum atomic E-state index is 0.0906. The molecule has 8 nitrogen and oxygen atoms in total. The van der Waals surface area contributed by atoms with Gasteiger partial charge in [0.1, 0.15) is 17.0 Å². The van der Waals surface area contributed by atoms with Crippen molar-refractivity contribution in [1.82, 2.24) is 19.7 Å². The third-order valence-corrected chi connectivity index (χ3v) is 5.32. The van der Waals surface area contributed by atoms with E-state index < -0.39 is 0 Å². The summed E-state index contributed by atoms with van der Waals surface area (Å²) in [5.74, 6) is 2.29. The van der Waals surface area contributed by atoms with Crippen molar-refractivity contribution in [2.75, 3.05) is 32.7 Å². The number of methoxy groups -OCH3 is 2. The lowest BCUT2D eigenvalue weighted by molar-refractivity contribution is 0.164. The van der Waals surface area contributed by atoms with Gasteiger partial charge in [-0.05, 0) is 39.8 Å². The van der Waals surface area contributed by atoms with E-state index in [1.165, 1.54) is 0 Å². The standard InChI is InChI=1S/C22H27N5O3/c1-7-23-22-25-18-10-24-17-8-16(20-13(3)26-30-14(20)4)19(29-6)9-15(17)21(18)27(22)12(2)11-28-5/h8-10,12H,7,11H2,1-6H3,(H,23,25). The van der Waals surface area contributed by atoms with E-state index in [4.69, 9.17) is 24.0 Å². The number of hydrogen-bond donors (Lipinski definition) is 1. The molecule has 4 rings (SSSR count). The van der Waals surface area contributed by atoms with E-state index in [1.54, 1.807) is 14.2 Å². The number of imidazole rings is 1. The summed E-state index contributed by atoms with van der Waals surface area (Å²) in [5.41, 5.74) is 5.35. The van der Waals surface area contributed by atoms with Crippen LogP contribution in [0.5, 0.6) is 5.75 Å². The molecule has 3 heterocycles. The van der Waals surface area contributed by atoms with Gasteiger partial charge in [-0.25, -0.2) is 4.98 Å². The largest absolute Gasteiger partial charge is 0.496 e. The molecule has 0 aliphatic heterocycles. The number of pyridine rings is 1. The van der Waals surface area contributed by atoms with Crippen LogP contribution in [0.3, 0.4) is 0 Å². The van der Waals surface area contributed by atoms with E-state index in [1.807, 2.05) is 32.2 Å². The molecule has 1 unspecified atom stereocenters. The minimum Gasteiger partial charge on any atom is -0.496 e. The molecule has 0 bridgehead atoms. The molecule has 158 valence electrons. The van der Waals surface area contributed by atoms with Crippen molar-refractivity contribution in [2.24, 2.45) is 0 Å². The predicted octanol–water partition coefficient (Wildman–Crippen LogP) is 4.50. The molecule has 1 atom stereocenters. The summed E-state index contributed by atoms with van der Waals surface area (Å²) in [5, 5.41) is 8.43. The molecule has 0 aliphatic carbocycles. The molecule has 0 amide bonds. The molecule has 0 saturated carbocycles. The first-order chi connectivity index (χ1) is 14.5. The summed E-state index contributed by atoms with van der Waals surface area (Å²) in [4.78, 5) is 9.47. The molecule has 0 aliphatic rings. The van der Waals surface area contributed by atoms with Crippen LogP contribution in [0.4, 0.5) is 5.95 Å². The Hall–Kier alpha value is -3.13. The van der Waals surface area contributed by atoms with Crippen LogP contribution in [0.2, 0.25) is 0 Å². The Labute approximate surface area is 175 Å². The number of ether oxygens (including phenoxy) is 2. The number of rotatable bonds is 7. The molecule has 0 fully saturated rings. The Morgan fingerprint density at radius 1 is 1.20 bits per heavy atom. The number of nitrogens with one attached hydrogen (secondary N) is 1. The molecular weight excluding hydrogens is 382 g/mol. The first-order valence-corrected chi connectivity index (χ1v) is 10.0. The SMILES string of the molecule is CCNc1nc2cnc3cc(-c4c(C)noc4C)c(OC)cc3c2n1C(C)COC. The predicted molar refractivity (Wildman–Crippen MR) is 117 cm³/mol. The molecule has 0 radical (unpaired) electrons. The normalized spacial score (nSPS) is 12.6. The molecule has 8 heteroatoms. The van der Waals surface area contributed by atoms with Crippen LogP contribution in [-0.2, 0) is 4.74 Å². The van der Waals surface area contributed by atoms with Crippen LogP contribution in [0, 0.1) is 13.8 Å². The summed E-state index contributed by atoms with van der Waals surface area (Å²) < 4.78 is 18.8. The molecular formula is C22H27N5O3. The lowest BCUT2D eigenvalue weighted by Crippen LogP contribution is -2.15. The number of hydrogen-bond acceptors (Lipinski definition) is 7. The third kappa shape index (κ3) is 3.17. The van der Waals surface area contributed by atoms with E-state index >= 15 is 0 Å². The maximum Gasteiger partial charge on any atom is 0.204 e. The summed E-state index contributed by atoms with van der Waals surface area (Å²) >= 11 is 0. The second kappa shape index (κ2) is 7.95. The first-order valence-electron chi connectivity index (χ1n) is 10.0. The van der Waals surface area contributed by atoms with Crippen molar-refractivity contribution < 1.29 is 14.0 Å². The number of aryl methyl sites for hydroxylation is 2. The Morgan fingerprint density at radius 3 is 2.63 bits per heavy atom. The Bertz CT molecular complexity index is 1190. The highest BCUT2D eigenvalue weighted by Gasteiger charge is 2.22. The molecule has 30 heavy (non-hydrogen) atoms. The Balaban J connectivity index is 2.04. The zero-order valence-electron chi connectivity index (χ0n) is 18.2. The van der Waals surface area contributed by atoms with Crippen LogP contribution < -0.4 is 10.1 Å².